The molecular weight excluding hydrogens is 559 g/mol. The molecule has 5 rings (SSSR count). The Morgan fingerprint density at radius 1 is 0.558 bits per heavy atom. The van der Waals surface area contributed by atoms with Crippen LogP contribution < -0.4 is 4.90 Å². The Morgan fingerprint density at radius 2 is 1.07 bits per heavy atom. The summed E-state index contributed by atoms with van der Waals surface area (Å²) < 4.78 is 1.41. The van der Waals surface area contributed by atoms with Crippen LogP contribution in [0.4, 0.5) is 5.69 Å². The summed E-state index contributed by atoms with van der Waals surface area (Å²) in [6.45, 7) is 29.4. The number of hydrogen-bond donors (Lipinski definition) is 0. The van der Waals surface area contributed by atoms with Gasteiger partial charge in [-0.2, -0.15) is 0 Å². The van der Waals surface area contributed by atoms with Crippen LogP contribution in [0.3, 0.4) is 0 Å². The van der Waals surface area contributed by atoms with Gasteiger partial charge in [-0.15, -0.1) is 22.7 Å². The van der Waals surface area contributed by atoms with Crippen molar-refractivity contribution in [3.8, 4) is 0 Å². The molecule has 0 amide bonds. The lowest BCUT2D eigenvalue weighted by atomic mass is 9.81. The molecule has 0 N–H and O–H groups in total. The van der Waals surface area contributed by atoms with E-state index in [1.165, 1.54) is 64.1 Å². The second kappa shape index (κ2) is 13.2. The molecule has 0 saturated carbocycles. The first kappa shape index (κ1) is 34.9. The van der Waals surface area contributed by atoms with Crippen molar-refractivity contribution in [1.29, 1.82) is 0 Å². The lowest BCUT2D eigenvalue weighted by molar-refractivity contribution is 0.587. The molecule has 232 valence electrons. The number of anilines is 1. The monoisotopic (exact) mass is 613 g/mol. The van der Waals surface area contributed by atoms with Crippen LogP contribution >= 0.6 is 22.7 Å². The second-order valence-electron chi connectivity index (χ2n) is 15.2. The molecule has 0 atom stereocenters. The standard InChI is InChI=1S/C17H23N.C13H16S.C10H16S/c1-12-13-9-7-8-10-14(13)16(18(5)6)11-15(12)17(2,3)4;1-9-10-7-5-6-8-11(10)14-12(9)13(2,3)4;1-7-6-11-9(8(7)2)10(3,4)5/h7-11H,1-6H3;5-8H,1-4H3;6H,1-5H3. The van der Waals surface area contributed by atoms with Crippen molar-refractivity contribution < 1.29 is 0 Å². The van der Waals surface area contributed by atoms with Gasteiger partial charge >= 0.3 is 0 Å². The summed E-state index contributed by atoms with van der Waals surface area (Å²) in [5.41, 5.74) is 9.28. The highest BCUT2D eigenvalue weighted by molar-refractivity contribution is 7.19. The molecule has 0 spiro atoms. The Bertz CT molecular complexity index is 1670. The summed E-state index contributed by atoms with van der Waals surface area (Å²) in [6.07, 6.45) is 0. The average molecular weight is 614 g/mol. The molecule has 3 aromatic carbocycles. The van der Waals surface area contributed by atoms with Crippen molar-refractivity contribution in [2.24, 2.45) is 0 Å². The smallest absolute Gasteiger partial charge is 0.0443 e. The molecule has 0 aliphatic rings. The van der Waals surface area contributed by atoms with Gasteiger partial charge in [0, 0.05) is 39.6 Å². The molecule has 2 aromatic heterocycles. The molecule has 0 saturated heterocycles. The van der Waals surface area contributed by atoms with Crippen molar-refractivity contribution in [2.75, 3.05) is 19.0 Å². The van der Waals surface area contributed by atoms with E-state index in [0.717, 1.165) is 0 Å². The molecule has 0 fully saturated rings. The van der Waals surface area contributed by atoms with Gasteiger partial charge < -0.3 is 4.90 Å². The third-order valence-corrected chi connectivity index (χ3v) is 11.4. The predicted molar refractivity (Wildman–Crippen MR) is 199 cm³/mol. The Hall–Kier alpha value is -2.62. The zero-order valence-electron chi connectivity index (χ0n) is 29.5. The average Bonchev–Trinajstić information content (AvgIpc) is 3.43. The number of nitrogens with zero attached hydrogens (tertiary/aromatic N) is 1. The summed E-state index contributed by atoms with van der Waals surface area (Å²) in [5.74, 6) is 0. The normalized spacial score (nSPS) is 12.1. The maximum absolute atomic E-state index is 2.34. The predicted octanol–water partition coefficient (Wildman–Crippen LogP) is 12.7. The van der Waals surface area contributed by atoms with E-state index in [1.54, 1.807) is 0 Å². The molecular formula is C40H55NS2. The van der Waals surface area contributed by atoms with E-state index in [4.69, 9.17) is 0 Å². The topological polar surface area (TPSA) is 3.24 Å². The lowest BCUT2D eigenvalue weighted by Gasteiger charge is -2.26. The minimum Gasteiger partial charge on any atom is -0.377 e. The SMILES string of the molecule is Cc1c(C(C)(C)C)cc(N(C)C)c2ccccc12.Cc1c(C(C)(C)C)sc2ccccc12.Cc1csc(C(C)(C)C)c1C. The van der Waals surface area contributed by atoms with E-state index in [-0.39, 0.29) is 10.8 Å². The van der Waals surface area contributed by atoms with E-state index in [9.17, 15) is 0 Å². The summed E-state index contributed by atoms with van der Waals surface area (Å²) in [5, 5.41) is 6.37. The number of thiophene rings is 2. The first-order valence-electron chi connectivity index (χ1n) is 15.5. The molecule has 1 nitrogen and oxygen atoms in total. The molecule has 0 aliphatic heterocycles. The molecule has 2 heterocycles. The van der Waals surface area contributed by atoms with Gasteiger partial charge in [-0.25, -0.2) is 0 Å². The molecule has 0 aliphatic carbocycles. The van der Waals surface area contributed by atoms with Crippen LogP contribution in [0.15, 0.2) is 60.0 Å². The number of fused-ring (bicyclic) bond motifs is 2. The van der Waals surface area contributed by atoms with Crippen LogP contribution in [0.1, 0.15) is 99.9 Å². The van der Waals surface area contributed by atoms with Gasteiger partial charge in [0.1, 0.15) is 0 Å². The van der Waals surface area contributed by atoms with Crippen LogP contribution in [0.2, 0.25) is 0 Å². The van der Waals surface area contributed by atoms with E-state index in [2.05, 4.69) is 169 Å². The van der Waals surface area contributed by atoms with Crippen LogP contribution in [0, 0.1) is 27.7 Å². The van der Waals surface area contributed by atoms with Crippen LogP contribution in [0.5, 0.6) is 0 Å². The van der Waals surface area contributed by atoms with Gasteiger partial charge in [0.15, 0.2) is 0 Å². The molecule has 0 unspecified atom stereocenters. The fourth-order valence-electron chi connectivity index (χ4n) is 5.78. The third-order valence-electron chi connectivity index (χ3n) is 8.07. The quantitative estimate of drug-likeness (QED) is 0.182. The maximum atomic E-state index is 2.34. The fraction of sp³-hybridized carbons (Fsp3) is 0.450. The summed E-state index contributed by atoms with van der Waals surface area (Å²) in [4.78, 5) is 5.24. The van der Waals surface area contributed by atoms with Crippen LogP contribution in [-0.2, 0) is 16.2 Å². The zero-order chi connectivity index (χ0) is 32.5. The zero-order valence-corrected chi connectivity index (χ0v) is 31.2. The van der Waals surface area contributed by atoms with E-state index in [0.29, 0.717) is 5.41 Å². The fourth-order valence-corrected chi connectivity index (χ4v) is 8.21. The first-order valence-corrected chi connectivity index (χ1v) is 17.2. The Kier molecular flexibility index (Phi) is 10.7. The molecule has 3 heteroatoms. The van der Waals surface area contributed by atoms with E-state index in [1.807, 2.05) is 22.7 Å². The first-order chi connectivity index (χ1) is 19.7. The van der Waals surface area contributed by atoms with Crippen molar-refractivity contribution in [3.05, 3.63) is 97.5 Å². The minimum absolute atomic E-state index is 0.179. The maximum Gasteiger partial charge on any atom is 0.0443 e. The molecule has 0 bridgehead atoms. The Labute approximate surface area is 271 Å². The number of rotatable bonds is 1. The van der Waals surface area contributed by atoms with Gasteiger partial charge in [0.05, 0.1) is 0 Å². The number of aryl methyl sites for hydroxylation is 3. The van der Waals surface area contributed by atoms with Crippen LogP contribution in [-0.4, -0.2) is 14.1 Å². The summed E-state index contributed by atoms with van der Waals surface area (Å²) in [6, 6.07) is 19.7. The molecule has 5 aromatic rings. The van der Waals surface area contributed by atoms with E-state index < -0.39 is 0 Å². The van der Waals surface area contributed by atoms with Gasteiger partial charge in [0.25, 0.3) is 0 Å². The van der Waals surface area contributed by atoms with Crippen LogP contribution in [0.25, 0.3) is 20.9 Å². The molecule has 43 heavy (non-hydrogen) atoms. The van der Waals surface area contributed by atoms with Crippen molar-refractivity contribution >= 4 is 49.2 Å². The van der Waals surface area contributed by atoms with Crippen molar-refractivity contribution in [3.63, 3.8) is 0 Å². The van der Waals surface area contributed by atoms with Gasteiger partial charge in [-0.05, 0) is 100 Å². The lowest BCUT2D eigenvalue weighted by Crippen LogP contribution is -2.16. The number of hydrogen-bond acceptors (Lipinski definition) is 3. The highest BCUT2D eigenvalue weighted by Crippen LogP contribution is 2.39. The van der Waals surface area contributed by atoms with Gasteiger partial charge in [-0.1, -0.05) is 105 Å². The van der Waals surface area contributed by atoms with Gasteiger partial charge in [-0.3, -0.25) is 0 Å². The highest BCUT2D eigenvalue weighted by Gasteiger charge is 2.21. The van der Waals surface area contributed by atoms with Crippen molar-refractivity contribution in [2.45, 2.75) is 106 Å². The Balaban J connectivity index is 0.000000182. The molecule has 0 radical (unpaired) electrons. The third kappa shape index (κ3) is 8.11. The summed E-state index contributed by atoms with van der Waals surface area (Å²) in [7, 11) is 4.23. The minimum atomic E-state index is 0.179. The largest absolute Gasteiger partial charge is 0.377 e. The second-order valence-corrected chi connectivity index (χ2v) is 17.1. The van der Waals surface area contributed by atoms with Crippen molar-refractivity contribution in [1.82, 2.24) is 0 Å². The van der Waals surface area contributed by atoms with E-state index >= 15 is 0 Å². The number of benzene rings is 3. The summed E-state index contributed by atoms with van der Waals surface area (Å²) >= 11 is 3.81. The van der Waals surface area contributed by atoms with Gasteiger partial charge in [0.2, 0.25) is 0 Å². The highest BCUT2D eigenvalue weighted by atomic mass is 32.1. The Morgan fingerprint density at radius 3 is 1.49 bits per heavy atom.